The van der Waals surface area contributed by atoms with E-state index in [1.165, 1.54) is 22.2 Å². The molecule has 184 valence electrons. The van der Waals surface area contributed by atoms with E-state index in [9.17, 15) is 14.4 Å². The summed E-state index contributed by atoms with van der Waals surface area (Å²) in [5, 5.41) is 3.27. The van der Waals surface area contributed by atoms with Crippen LogP contribution in [-0.4, -0.2) is 58.1 Å². The highest BCUT2D eigenvalue weighted by atomic mass is 32.1. The highest BCUT2D eigenvalue weighted by Gasteiger charge is 2.26. The van der Waals surface area contributed by atoms with E-state index in [1.807, 2.05) is 36.1 Å². The second-order valence-corrected chi connectivity index (χ2v) is 10.1. The van der Waals surface area contributed by atoms with Crippen LogP contribution in [0.2, 0.25) is 0 Å². The van der Waals surface area contributed by atoms with Gasteiger partial charge in [0, 0.05) is 12.6 Å². The minimum absolute atomic E-state index is 0.0522. The number of hydrogen-bond donors (Lipinski definition) is 1. The van der Waals surface area contributed by atoms with E-state index in [4.69, 9.17) is 9.47 Å². The van der Waals surface area contributed by atoms with E-state index in [0.717, 1.165) is 19.3 Å². The molecule has 10 heteroatoms. The highest BCUT2D eigenvalue weighted by Crippen LogP contribution is 2.31. The number of amides is 2. The molecule has 1 aromatic carbocycles. The smallest absolute Gasteiger partial charge is 0.262 e. The van der Waals surface area contributed by atoms with Crippen LogP contribution in [0.4, 0.5) is 0 Å². The molecule has 1 fully saturated rings. The lowest BCUT2D eigenvalue weighted by Gasteiger charge is -2.33. The molecular weight excluding hydrogens is 468 g/mol. The molecule has 35 heavy (non-hydrogen) atoms. The Morgan fingerprint density at radius 3 is 2.83 bits per heavy atom. The number of ether oxygens (including phenoxy) is 2. The average Bonchev–Trinajstić information content (AvgIpc) is 3.21. The summed E-state index contributed by atoms with van der Waals surface area (Å²) in [4.78, 5) is 46.1. The lowest BCUT2D eigenvalue weighted by atomic mass is 10.0. The van der Waals surface area contributed by atoms with Crippen molar-refractivity contribution in [3.63, 3.8) is 0 Å². The van der Waals surface area contributed by atoms with Gasteiger partial charge >= 0.3 is 0 Å². The van der Waals surface area contributed by atoms with Gasteiger partial charge in [-0.3, -0.25) is 19.0 Å². The van der Waals surface area contributed by atoms with Gasteiger partial charge < -0.3 is 19.7 Å². The van der Waals surface area contributed by atoms with Crippen LogP contribution in [0.25, 0.3) is 10.2 Å². The number of fused-ring (bicyclic) bond motifs is 2. The molecule has 0 aliphatic carbocycles. The molecule has 2 aromatic heterocycles. The molecule has 2 atom stereocenters. The number of para-hydroxylation sites is 2. The SMILES string of the molecule is Cc1c(C(=O)NC[C@H]2COc3ccccc3O2)sc2ncn(CC(=O)N3CCCC[C@H]3C)c(=O)c12. The van der Waals surface area contributed by atoms with Gasteiger partial charge in [0.2, 0.25) is 5.91 Å². The first-order valence-corrected chi connectivity index (χ1v) is 12.7. The maximum Gasteiger partial charge on any atom is 0.262 e. The zero-order chi connectivity index (χ0) is 24.5. The van der Waals surface area contributed by atoms with Crippen molar-refractivity contribution in [2.45, 2.75) is 51.8 Å². The number of nitrogens with zero attached hydrogens (tertiary/aromatic N) is 3. The second-order valence-electron chi connectivity index (χ2n) is 9.05. The van der Waals surface area contributed by atoms with Crippen LogP contribution in [0, 0.1) is 6.92 Å². The molecule has 2 aliphatic rings. The predicted molar refractivity (Wildman–Crippen MR) is 132 cm³/mol. The summed E-state index contributed by atoms with van der Waals surface area (Å²) < 4.78 is 12.9. The van der Waals surface area contributed by atoms with E-state index in [2.05, 4.69) is 10.3 Å². The Kier molecular flexibility index (Phi) is 6.46. The Bertz CT molecular complexity index is 1330. The lowest BCUT2D eigenvalue weighted by molar-refractivity contribution is -0.135. The van der Waals surface area contributed by atoms with E-state index in [0.29, 0.717) is 45.3 Å². The zero-order valence-corrected chi connectivity index (χ0v) is 20.6. The number of hydrogen-bond acceptors (Lipinski definition) is 7. The van der Waals surface area contributed by atoms with Crippen LogP contribution in [0.15, 0.2) is 35.4 Å². The Morgan fingerprint density at radius 1 is 1.23 bits per heavy atom. The first-order valence-electron chi connectivity index (χ1n) is 11.9. The van der Waals surface area contributed by atoms with Crippen molar-refractivity contribution >= 4 is 33.4 Å². The molecule has 3 aromatic rings. The number of carbonyl (C=O) groups excluding carboxylic acids is 2. The van der Waals surface area contributed by atoms with Gasteiger partial charge in [-0.2, -0.15) is 0 Å². The summed E-state index contributed by atoms with van der Waals surface area (Å²) in [7, 11) is 0. The van der Waals surface area contributed by atoms with Crippen molar-refractivity contribution in [2.75, 3.05) is 19.7 Å². The zero-order valence-electron chi connectivity index (χ0n) is 19.8. The average molecular weight is 497 g/mol. The van der Waals surface area contributed by atoms with Crippen molar-refractivity contribution in [3.05, 3.63) is 51.4 Å². The van der Waals surface area contributed by atoms with Gasteiger partial charge in [0.1, 0.15) is 24.1 Å². The highest BCUT2D eigenvalue weighted by molar-refractivity contribution is 7.20. The second kappa shape index (κ2) is 9.69. The Balaban J connectivity index is 1.29. The number of benzene rings is 1. The van der Waals surface area contributed by atoms with Gasteiger partial charge in [-0.15, -0.1) is 11.3 Å². The van der Waals surface area contributed by atoms with Crippen molar-refractivity contribution < 1.29 is 19.1 Å². The number of piperidine rings is 1. The number of aryl methyl sites for hydroxylation is 1. The summed E-state index contributed by atoms with van der Waals surface area (Å²) in [5.41, 5.74) is 0.265. The molecule has 0 bridgehead atoms. The Morgan fingerprint density at radius 2 is 2.03 bits per heavy atom. The molecule has 4 heterocycles. The standard InChI is InChI=1S/C25H28N4O5S/c1-15-7-5-6-10-29(15)20(30)12-28-14-27-24-21(25(28)32)16(2)22(35-24)23(31)26-11-17-13-33-18-8-3-4-9-19(18)34-17/h3-4,8-9,14-15,17H,5-7,10-13H2,1-2H3,(H,26,31)/t15-,17+/m1/s1. The van der Waals surface area contributed by atoms with E-state index >= 15 is 0 Å². The number of likely N-dealkylation sites (tertiary alicyclic amines) is 1. The molecule has 2 aliphatic heterocycles. The van der Waals surface area contributed by atoms with Gasteiger partial charge in [-0.1, -0.05) is 12.1 Å². The van der Waals surface area contributed by atoms with Crippen LogP contribution in [0.1, 0.15) is 41.4 Å². The van der Waals surface area contributed by atoms with Gasteiger partial charge in [-0.25, -0.2) is 4.98 Å². The Hall–Kier alpha value is -3.40. The van der Waals surface area contributed by atoms with Crippen LogP contribution in [-0.2, 0) is 11.3 Å². The normalized spacial score (nSPS) is 19.5. The fourth-order valence-electron chi connectivity index (χ4n) is 4.64. The maximum atomic E-state index is 13.2. The molecule has 1 N–H and O–H groups in total. The van der Waals surface area contributed by atoms with Gasteiger partial charge in [-0.05, 0) is 50.8 Å². The number of thiophene rings is 1. The minimum atomic E-state index is -0.318. The largest absolute Gasteiger partial charge is 0.486 e. The first kappa shape index (κ1) is 23.3. The fraction of sp³-hybridized carbons (Fsp3) is 0.440. The third-order valence-corrected chi connectivity index (χ3v) is 7.81. The molecule has 1 saturated heterocycles. The summed E-state index contributed by atoms with van der Waals surface area (Å²) in [5.74, 6) is 0.958. The summed E-state index contributed by atoms with van der Waals surface area (Å²) >= 11 is 1.17. The van der Waals surface area contributed by atoms with Gasteiger partial charge in [0.05, 0.1) is 23.1 Å². The molecule has 0 unspecified atom stereocenters. The van der Waals surface area contributed by atoms with E-state index < -0.39 is 0 Å². The minimum Gasteiger partial charge on any atom is -0.486 e. The van der Waals surface area contributed by atoms with Crippen molar-refractivity contribution in [3.8, 4) is 11.5 Å². The molecule has 5 rings (SSSR count). The summed E-state index contributed by atoms with van der Waals surface area (Å²) in [6.45, 7) is 5.04. The van der Waals surface area contributed by atoms with Crippen LogP contribution >= 0.6 is 11.3 Å². The quantitative estimate of drug-likeness (QED) is 0.583. The maximum absolute atomic E-state index is 13.2. The molecule has 0 spiro atoms. The van der Waals surface area contributed by atoms with Crippen molar-refractivity contribution in [1.82, 2.24) is 19.8 Å². The van der Waals surface area contributed by atoms with Gasteiger partial charge in [0.15, 0.2) is 11.5 Å². The summed E-state index contributed by atoms with van der Waals surface area (Å²) in [6.07, 6.45) is 4.16. The number of aromatic nitrogens is 2. The molecule has 2 amide bonds. The first-order chi connectivity index (χ1) is 16.9. The molecule has 0 radical (unpaired) electrons. The lowest BCUT2D eigenvalue weighted by Crippen LogP contribution is -2.44. The number of nitrogens with one attached hydrogen (secondary N) is 1. The van der Waals surface area contributed by atoms with E-state index in [1.54, 1.807) is 6.92 Å². The van der Waals surface area contributed by atoms with E-state index in [-0.39, 0.29) is 42.6 Å². The number of carbonyl (C=O) groups is 2. The fourth-order valence-corrected chi connectivity index (χ4v) is 5.70. The molecule has 9 nitrogen and oxygen atoms in total. The third kappa shape index (κ3) is 4.62. The number of rotatable bonds is 5. The summed E-state index contributed by atoms with van der Waals surface area (Å²) in [6, 6.07) is 7.58. The van der Waals surface area contributed by atoms with Crippen molar-refractivity contribution in [2.24, 2.45) is 0 Å². The third-order valence-electron chi connectivity index (χ3n) is 6.61. The predicted octanol–water partition coefficient (Wildman–Crippen LogP) is 2.74. The monoisotopic (exact) mass is 496 g/mol. The van der Waals surface area contributed by atoms with Crippen LogP contribution in [0.3, 0.4) is 0 Å². The molecular formula is C25H28N4O5S. The van der Waals surface area contributed by atoms with Crippen LogP contribution in [0.5, 0.6) is 11.5 Å². The van der Waals surface area contributed by atoms with Crippen molar-refractivity contribution in [1.29, 1.82) is 0 Å². The topological polar surface area (TPSA) is 103 Å². The van der Waals surface area contributed by atoms with Crippen LogP contribution < -0.4 is 20.3 Å². The Labute approximate surface area is 206 Å². The van der Waals surface area contributed by atoms with Gasteiger partial charge in [0.25, 0.3) is 11.5 Å². The molecule has 0 saturated carbocycles.